The molecule has 100 valence electrons. The zero-order chi connectivity index (χ0) is 12.6. The quantitative estimate of drug-likeness (QED) is 0.553. The minimum atomic E-state index is -0.0588. The summed E-state index contributed by atoms with van der Waals surface area (Å²) in [7, 11) is 0. The average molecular weight is 306 g/mol. The second kappa shape index (κ2) is 8.09. The summed E-state index contributed by atoms with van der Waals surface area (Å²) in [6, 6.07) is 0. The molecule has 0 radical (unpaired) electrons. The summed E-state index contributed by atoms with van der Waals surface area (Å²) in [5, 5.41) is 3.94. The molecule has 17 heavy (non-hydrogen) atoms. The van der Waals surface area contributed by atoms with Crippen LogP contribution in [0.5, 0.6) is 0 Å². The molecule has 3 nitrogen and oxygen atoms in total. The summed E-state index contributed by atoms with van der Waals surface area (Å²) in [6.45, 7) is 4.34. The Kier molecular flexibility index (Phi) is 7.12. The molecule has 4 heteroatoms. The van der Waals surface area contributed by atoms with Crippen LogP contribution in [0.2, 0.25) is 0 Å². The predicted molar refractivity (Wildman–Crippen MR) is 73.4 cm³/mol. The maximum atomic E-state index is 12.1. The Morgan fingerprint density at radius 1 is 1.35 bits per heavy atom. The van der Waals surface area contributed by atoms with E-state index < -0.39 is 0 Å². The molecule has 0 aromatic carbocycles. The monoisotopic (exact) mass is 305 g/mol. The van der Waals surface area contributed by atoms with E-state index in [1.54, 1.807) is 0 Å². The minimum absolute atomic E-state index is 0.0588. The molecule has 0 atom stereocenters. The van der Waals surface area contributed by atoms with E-state index in [9.17, 15) is 4.79 Å². The van der Waals surface area contributed by atoms with Gasteiger partial charge in [0.2, 0.25) is 5.91 Å². The number of carbonyl (C=O) groups excluding carboxylic acids is 1. The topological polar surface area (TPSA) is 38.3 Å². The summed E-state index contributed by atoms with van der Waals surface area (Å²) >= 11 is 3.31. The molecule has 1 rings (SSSR count). The third kappa shape index (κ3) is 4.59. The molecule has 0 bridgehead atoms. The van der Waals surface area contributed by atoms with Crippen LogP contribution in [-0.4, -0.2) is 31.0 Å². The van der Waals surface area contributed by atoms with Crippen molar-refractivity contribution < 1.29 is 9.53 Å². The number of amides is 1. The van der Waals surface area contributed by atoms with Crippen LogP contribution < -0.4 is 5.32 Å². The van der Waals surface area contributed by atoms with Crippen molar-refractivity contribution in [2.45, 2.75) is 45.4 Å². The SMILES string of the molecule is CCC1(C(=O)NCCCOCCBr)CCCC1. The first kappa shape index (κ1) is 15.0. The number of rotatable bonds is 8. The highest BCUT2D eigenvalue weighted by Crippen LogP contribution is 2.40. The van der Waals surface area contributed by atoms with Gasteiger partial charge in [-0.15, -0.1) is 0 Å². The highest BCUT2D eigenvalue weighted by Gasteiger charge is 2.38. The van der Waals surface area contributed by atoms with Gasteiger partial charge in [-0.2, -0.15) is 0 Å². The molecule has 1 fully saturated rings. The normalized spacial score (nSPS) is 18.2. The van der Waals surface area contributed by atoms with E-state index in [-0.39, 0.29) is 11.3 Å². The molecule has 0 unspecified atom stereocenters. The lowest BCUT2D eigenvalue weighted by Gasteiger charge is -2.25. The van der Waals surface area contributed by atoms with Crippen molar-refractivity contribution in [1.29, 1.82) is 0 Å². The maximum Gasteiger partial charge on any atom is 0.226 e. The lowest BCUT2D eigenvalue weighted by molar-refractivity contribution is -0.131. The summed E-state index contributed by atoms with van der Waals surface area (Å²) in [5.74, 6) is 0.262. The first-order valence-electron chi connectivity index (χ1n) is 6.67. The van der Waals surface area contributed by atoms with Gasteiger partial charge in [-0.3, -0.25) is 4.79 Å². The lowest BCUT2D eigenvalue weighted by atomic mass is 9.82. The van der Waals surface area contributed by atoms with Gasteiger partial charge in [0.1, 0.15) is 0 Å². The van der Waals surface area contributed by atoms with Gasteiger partial charge in [0.25, 0.3) is 0 Å². The van der Waals surface area contributed by atoms with Crippen LogP contribution in [-0.2, 0) is 9.53 Å². The van der Waals surface area contributed by atoms with Gasteiger partial charge in [-0.1, -0.05) is 35.7 Å². The van der Waals surface area contributed by atoms with E-state index >= 15 is 0 Å². The number of hydrogen-bond acceptors (Lipinski definition) is 2. The highest BCUT2D eigenvalue weighted by atomic mass is 79.9. The van der Waals surface area contributed by atoms with Gasteiger partial charge in [0.05, 0.1) is 6.61 Å². The van der Waals surface area contributed by atoms with E-state index in [4.69, 9.17) is 4.74 Å². The van der Waals surface area contributed by atoms with Crippen molar-refractivity contribution in [2.24, 2.45) is 5.41 Å². The maximum absolute atomic E-state index is 12.1. The smallest absolute Gasteiger partial charge is 0.226 e. The largest absolute Gasteiger partial charge is 0.381 e. The molecule has 1 amide bonds. The zero-order valence-electron chi connectivity index (χ0n) is 10.8. The van der Waals surface area contributed by atoms with Crippen LogP contribution in [0, 0.1) is 5.41 Å². The molecule has 0 aromatic rings. The second-order valence-electron chi connectivity index (χ2n) is 4.75. The van der Waals surface area contributed by atoms with Crippen LogP contribution in [0.1, 0.15) is 45.4 Å². The summed E-state index contributed by atoms with van der Waals surface area (Å²) < 4.78 is 5.34. The third-order valence-corrected chi connectivity index (χ3v) is 4.02. The fourth-order valence-electron chi connectivity index (χ4n) is 2.51. The molecule has 0 spiro atoms. The molecule has 0 aromatic heterocycles. The molecule has 1 saturated carbocycles. The van der Waals surface area contributed by atoms with Gasteiger partial charge in [0.15, 0.2) is 0 Å². The fraction of sp³-hybridized carbons (Fsp3) is 0.923. The summed E-state index contributed by atoms with van der Waals surface area (Å²) in [4.78, 5) is 12.1. The Morgan fingerprint density at radius 2 is 2.06 bits per heavy atom. The number of nitrogens with one attached hydrogen (secondary N) is 1. The van der Waals surface area contributed by atoms with Gasteiger partial charge in [0, 0.05) is 23.9 Å². The van der Waals surface area contributed by atoms with Crippen molar-refractivity contribution in [3.63, 3.8) is 0 Å². The number of alkyl halides is 1. The number of ether oxygens (including phenoxy) is 1. The molecule has 0 heterocycles. The van der Waals surface area contributed by atoms with Crippen molar-refractivity contribution >= 4 is 21.8 Å². The van der Waals surface area contributed by atoms with Crippen LogP contribution in [0.25, 0.3) is 0 Å². The second-order valence-corrected chi connectivity index (χ2v) is 5.54. The molecule has 0 saturated heterocycles. The summed E-state index contributed by atoms with van der Waals surface area (Å²) in [5.41, 5.74) is -0.0588. The molecule has 1 aliphatic rings. The zero-order valence-corrected chi connectivity index (χ0v) is 12.4. The highest BCUT2D eigenvalue weighted by molar-refractivity contribution is 9.09. The predicted octanol–water partition coefficient (Wildman–Crippen LogP) is 2.87. The molecule has 1 N–H and O–H groups in total. The van der Waals surface area contributed by atoms with Gasteiger partial charge in [-0.25, -0.2) is 0 Å². The van der Waals surface area contributed by atoms with Crippen molar-refractivity contribution in [3.8, 4) is 0 Å². The van der Waals surface area contributed by atoms with E-state index in [1.807, 2.05) is 0 Å². The standard InChI is InChI=1S/C13H24BrNO2/c1-2-13(6-3-4-7-13)12(16)15-9-5-10-17-11-8-14/h2-11H2,1H3,(H,15,16). The molecule has 1 aliphatic carbocycles. The number of halogens is 1. The summed E-state index contributed by atoms with van der Waals surface area (Å²) in [6.07, 6.45) is 6.41. The minimum Gasteiger partial charge on any atom is -0.381 e. The fourth-order valence-corrected chi connectivity index (χ4v) is 2.74. The van der Waals surface area contributed by atoms with Gasteiger partial charge in [-0.05, 0) is 25.7 Å². The molecular weight excluding hydrogens is 282 g/mol. The first-order chi connectivity index (χ1) is 8.25. The molecular formula is C13H24BrNO2. The molecule has 0 aliphatic heterocycles. The third-order valence-electron chi connectivity index (χ3n) is 3.69. The van der Waals surface area contributed by atoms with Crippen LogP contribution in [0.3, 0.4) is 0 Å². The van der Waals surface area contributed by atoms with E-state index in [2.05, 4.69) is 28.2 Å². The number of carbonyl (C=O) groups is 1. The Balaban J connectivity index is 2.15. The van der Waals surface area contributed by atoms with Gasteiger partial charge < -0.3 is 10.1 Å². The average Bonchev–Trinajstić information content (AvgIpc) is 2.83. The van der Waals surface area contributed by atoms with Crippen molar-refractivity contribution in [2.75, 3.05) is 25.1 Å². The van der Waals surface area contributed by atoms with E-state index in [0.29, 0.717) is 0 Å². The van der Waals surface area contributed by atoms with E-state index in [0.717, 1.165) is 50.8 Å². The Morgan fingerprint density at radius 3 is 2.65 bits per heavy atom. The van der Waals surface area contributed by atoms with Crippen LogP contribution in [0.15, 0.2) is 0 Å². The van der Waals surface area contributed by atoms with Crippen molar-refractivity contribution in [3.05, 3.63) is 0 Å². The first-order valence-corrected chi connectivity index (χ1v) is 7.79. The van der Waals surface area contributed by atoms with Crippen LogP contribution in [0.4, 0.5) is 0 Å². The van der Waals surface area contributed by atoms with Crippen molar-refractivity contribution in [1.82, 2.24) is 5.32 Å². The Bertz CT molecular complexity index is 227. The number of hydrogen-bond donors (Lipinski definition) is 1. The Hall–Kier alpha value is -0.0900. The van der Waals surface area contributed by atoms with Crippen LogP contribution >= 0.6 is 15.9 Å². The van der Waals surface area contributed by atoms with E-state index in [1.165, 1.54) is 12.8 Å². The van der Waals surface area contributed by atoms with Gasteiger partial charge >= 0.3 is 0 Å². The Labute approximate surface area is 113 Å². The lowest BCUT2D eigenvalue weighted by Crippen LogP contribution is -2.39.